The molecule has 2 aromatic rings. The third kappa shape index (κ3) is 6.53. The maximum absolute atomic E-state index is 2.12. The van der Waals surface area contributed by atoms with E-state index in [2.05, 4.69) is 48.5 Å². The van der Waals surface area contributed by atoms with Gasteiger partial charge in [-0.3, -0.25) is 0 Å². The molecule has 0 saturated heterocycles. The minimum atomic E-state index is 0. The van der Waals surface area contributed by atoms with Gasteiger partial charge in [-0.1, -0.05) is 48.2 Å². The van der Waals surface area contributed by atoms with Crippen molar-refractivity contribution < 1.29 is 0 Å². The minimum Gasteiger partial charge on any atom is -0.0901 e. The van der Waals surface area contributed by atoms with Gasteiger partial charge in [0.05, 0.1) is 0 Å². The van der Waals surface area contributed by atoms with Crippen LogP contribution in [0.1, 0.15) is 0 Å². The van der Waals surface area contributed by atoms with Crippen molar-refractivity contribution in [3.63, 3.8) is 0 Å². The predicted octanol–water partition coefficient (Wildman–Crippen LogP) is 3.08. The quantitative estimate of drug-likeness (QED) is 0.751. The molecule has 0 fully saturated rings. The van der Waals surface area contributed by atoms with Crippen LogP contribution in [0.4, 0.5) is 0 Å². The van der Waals surface area contributed by atoms with Gasteiger partial charge in [0.25, 0.3) is 0 Å². The van der Waals surface area contributed by atoms with Crippen molar-refractivity contribution in [2.24, 2.45) is 0 Å². The summed E-state index contributed by atoms with van der Waals surface area (Å²) < 4.78 is 0. The van der Waals surface area contributed by atoms with E-state index >= 15 is 0 Å². The van der Waals surface area contributed by atoms with E-state index < -0.39 is 0 Å². The van der Waals surface area contributed by atoms with E-state index in [0.29, 0.717) is 0 Å². The minimum absolute atomic E-state index is 0. The molecule has 2 rings (SSSR count). The van der Waals surface area contributed by atoms with E-state index in [0.717, 1.165) is 0 Å². The first kappa shape index (κ1) is 17.1. The Morgan fingerprint density at radius 1 is 0.533 bits per heavy atom. The molecule has 0 heterocycles. The van der Waals surface area contributed by atoms with E-state index in [1.54, 1.807) is 11.8 Å². The van der Waals surface area contributed by atoms with Crippen LogP contribution in [0.15, 0.2) is 70.5 Å². The third-order valence-electron chi connectivity index (χ3n) is 1.72. The number of hydrogen-bond acceptors (Lipinski definition) is 1. The maximum atomic E-state index is 2.12. The maximum Gasteiger partial charge on any atom is 0.0122 e. The first-order valence-electron chi connectivity index (χ1n) is 4.23. The zero-order valence-corrected chi connectivity index (χ0v) is 16.2. The van der Waals surface area contributed by atoms with Crippen molar-refractivity contribution >= 4 is 115 Å². The molecule has 0 nitrogen and oxygen atoms in total. The molecule has 0 atom stereocenters. The number of hydrogen-bond donors (Lipinski definition) is 0. The molecule has 2 radical (unpaired) electrons. The molecule has 0 aliphatic rings. The van der Waals surface area contributed by atoms with E-state index in [9.17, 15) is 0 Å². The first-order chi connectivity index (χ1) is 6.45. The largest absolute Gasteiger partial charge is 0.0901 e. The summed E-state index contributed by atoms with van der Waals surface area (Å²) in [7, 11) is 0. The monoisotopic (exact) mass is 264 g/mol. The number of benzene rings is 2. The topological polar surface area (TPSA) is 0 Å². The Labute approximate surface area is 180 Å². The SMILES string of the molecule is [K].[K].c1ccc(Sc2ccccc2)cc1. The van der Waals surface area contributed by atoms with Gasteiger partial charge >= 0.3 is 0 Å². The average Bonchev–Trinajstić information content (AvgIpc) is 2.21. The van der Waals surface area contributed by atoms with Crippen molar-refractivity contribution in [2.75, 3.05) is 0 Å². The molecular weight excluding hydrogens is 254 g/mol. The molecule has 0 amide bonds. The molecule has 0 aliphatic carbocycles. The fourth-order valence-electron chi connectivity index (χ4n) is 1.11. The van der Waals surface area contributed by atoms with Crippen LogP contribution in [0.25, 0.3) is 0 Å². The van der Waals surface area contributed by atoms with Crippen molar-refractivity contribution in [1.82, 2.24) is 0 Å². The van der Waals surface area contributed by atoms with E-state index in [1.165, 1.54) is 9.79 Å². The molecule has 3 heteroatoms. The second-order valence-electron chi connectivity index (χ2n) is 2.73. The van der Waals surface area contributed by atoms with Gasteiger partial charge in [0.15, 0.2) is 0 Å². The van der Waals surface area contributed by atoms with Gasteiger partial charge in [0.2, 0.25) is 0 Å². The summed E-state index contributed by atoms with van der Waals surface area (Å²) in [5, 5.41) is 0. The predicted molar refractivity (Wildman–Crippen MR) is 68.5 cm³/mol. The molecule has 0 unspecified atom stereocenters. The summed E-state index contributed by atoms with van der Waals surface area (Å²) in [6.45, 7) is 0. The zero-order valence-electron chi connectivity index (χ0n) is 9.18. The molecular formula is C12H10K2S. The molecule has 0 aliphatic heterocycles. The Kier molecular flexibility index (Phi) is 11.4. The summed E-state index contributed by atoms with van der Waals surface area (Å²) in [4.78, 5) is 2.57. The van der Waals surface area contributed by atoms with Gasteiger partial charge in [-0.25, -0.2) is 0 Å². The Balaban J connectivity index is 0.000000980. The summed E-state index contributed by atoms with van der Waals surface area (Å²) >= 11 is 1.79. The molecule has 0 spiro atoms. The molecule has 66 valence electrons. The van der Waals surface area contributed by atoms with E-state index in [-0.39, 0.29) is 103 Å². The second kappa shape index (κ2) is 10.0. The summed E-state index contributed by atoms with van der Waals surface area (Å²) in [6.07, 6.45) is 0. The van der Waals surface area contributed by atoms with Crippen LogP contribution in [0.3, 0.4) is 0 Å². The summed E-state index contributed by atoms with van der Waals surface area (Å²) in [5.41, 5.74) is 0. The molecule has 0 saturated carbocycles. The number of rotatable bonds is 2. The van der Waals surface area contributed by atoms with Crippen molar-refractivity contribution in [2.45, 2.75) is 9.79 Å². The first-order valence-corrected chi connectivity index (χ1v) is 5.05. The Hall–Kier alpha value is 2.06. The van der Waals surface area contributed by atoms with Gasteiger partial charge in [0, 0.05) is 113 Å². The van der Waals surface area contributed by atoms with Crippen LogP contribution < -0.4 is 0 Å². The van der Waals surface area contributed by atoms with Gasteiger partial charge < -0.3 is 0 Å². The van der Waals surface area contributed by atoms with Gasteiger partial charge in [-0.15, -0.1) is 0 Å². The molecule has 2 aromatic carbocycles. The van der Waals surface area contributed by atoms with Gasteiger partial charge in [-0.05, 0) is 24.3 Å². The molecule has 0 N–H and O–H groups in total. The van der Waals surface area contributed by atoms with E-state index in [4.69, 9.17) is 0 Å². The molecule has 15 heavy (non-hydrogen) atoms. The van der Waals surface area contributed by atoms with Crippen LogP contribution in [0.5, 0.6) is 0 Å². The van der Waals surface area contributed by atoms with Gasteiger partial charge in [-0.2, -0.15) is 0 Å². The summed E-state index contributed by atoms with van der Waals surface area (Å²) in [6, 6.07) is 20.8. The molecule has 0 bridgehead atoms. The van der Waals surface area contributed by atoms with Crippen LogP contribution >= 0.6 is 11.8 Å². The Morgan fingerprint density at radius 3 is 1.20 bits per heavy atom. The van der Waals surface area contributed by atoms with Crippen LogP contribution in [-0.4, -0.2) is 103 Å². The Morgan fingerprint density at radius 2 is 0.867 bits per heavy atom. The fraction of sp³-hybridized carbons (Fsp3) is 0. The van der Waals surface area contributed by atoms with E-state index in [1.807, 2.05) is 12.1 Å². The van der Waals surface area contributed by atoms with Gasteiger partial charge in [0.1, 0.15) is 0 Å². The molecule has 0 aromatic heterocycles. The van der Waals surface area contributed by atoms with Crippen molar-refractivity contribution in [3.8, 4) is 0 Å². The zero-order chi connectivity index (χ0) is 8.93. The smallest absolute Gasteiger partial charge is 0.0122 e. The van der Waals surface area contributed by atoms with Crippen LogP contribution in [-0.2, 0) is 0 Å². The van der Waals surface area contributed by atoms with Crippen LogP contribution in [0, 0.1) is 0 Å². The normalized spacial score (nSPS) is 8.53. The second-order valence-corrected chi connectivity index (χ2v) is 3.88. The third-order valence-corrected chi connectivity index (χ3v) is 2.74. The average molecular weight is 264 g/mol. The standard InChI is InChI=1S/C12H10S.2K/c1-3-7-11(8-4-1)13-12-9-5-2-6-10-12;;/h1-10H;;. The van der Waals surface area contributed by atoms with Crippen molar-refractivity contribution in [1.29, 1.82) is 0 Å². The fourth-order valence-corrected chi connectivity index (χ4v) is 1.97. The van der Waals surface area contributed by atoms with Crippen LogP contribution in [0.2, 0.25) is 0 Å². The van der Waals surface area contributed by atoms with Crippen molar-refractivity contribution in [3.05, 3.63) is 60.7 Å². The summed E-state index contributed by atoms with van der Waals surface area (Å²) in [5.74, 6) is 0. The Bertz CT molecular complexity index is 324.